The molecule has 0 spiro atoms. The Labute approximate surface area is 156 Å². The summed E-state index contributed by atoms with van der Waals surface area (Å²) in [5, 5.41) is 3.73. The molecule has 2 aromatic carbocycles. The molecular formula is C22H17N3O2. The second kappa shape index (κ2) is 7.25. The number of carbonyl (C=O) groups is 1. The molecule has 0 aliphatic rings. The van der Waals surface area contributed by atoms with Crippen LogP contribution < -0.4 is 10.1 Å². The van der Waals surface area contributed by atoms with Gasteiger partial charge < -0.3 is 10.1 Å². The van der Waals surface area contributed by atoms with Crippen LogP contribution in [-0.4, -0.2) is 23.0 Å². The van der Waals surface area contributed by atoms with Crippen LogP contribution in [0.1, 0.15) is 10.4 Å². The number of ether oxygens (including phenoxy) is 1. The van der Waals surface area contributed by atoms with Gasteiger partial charge in [-0.2, -0.15) is 0 Å². The van der Waals surface area contributed by atoms with E-state index in [0.29, 0.717) is 22.8 Å². The number of nitrogens with zero attached hydrogens (tertiary/aromatic N) is 2. The average molecular weight is 355 g/mol. The van der Waals surface area contributed by atoms with Gasteiger partial charge in [0.25, 0.3) is 5.91 Å². The molecule has 1 amide bonds. The van der Waals surface area contributed by atoms with E-state index < -0.39 is 0 Å². The first-order chi connectivity index (χ1) is 13.2. The SMILES string of the molecule is COc1ccc(C(=O)Nc2ccc3ccc(-c4ccccc4)nc3n2)cc1. The van der Waals surface area contributed by atoms with Crippen LogP contribution in [0.2, 0.25) is 0 Å². The first-order valence-corrected chi connectivity index (χ1v) is 8.51. The average Bonchev–Trinajstić information content (AvgIpc) is 2.74. The van der Waals surface area contributed by atoms with E-state index in [9.17, 15) is 4.79 Å². The summed E-state index contributed by atoms with van der Waals surface area (Å²) in [6.07, 6.45) is 0. The van der Waals surface area contributed by atoms with Crippen molar-refractivity contribution in [2.45, 2.75) is 0 Å². The number of benzene rings is 2. The Bertz CT molecular complexity index is 1090. The molecule has 2 heterocycles. The van der Waals surface area contributed by atoms with Gasteiger partial charge in [-0.1, -0.05) is 30.3 Å². The number of amides is 1. The van der Waals surface area contributed by atoms with Gasteiger partial charge in [0.15, 0.2) is 5.65 Å². The Balaban J connectivity index is 1.61. The maximum absolute atomic E-state index is 12.4. The summed E-state index contributed by atoms with van der Waals surface area (Å²) in [4.78, 5) is 21.5. The van der Waals surface area contributed by atoms with E-state index in [0.717, 1.165) is 16.6 Å². The third-order valence-electron chi connectivity index (χ3n) is 4.22. The zero-order valence-electron chi connectivity index (χ0n) is 14.7. The Hall–Kier alpha value is -3.73. The molecule has 1 N–H and O–H groups in total. The quantitative estimate of drug-likeness (QED) is 0.583. The highest BCUT2D eigenvalue weighted by Gasteiger charge is 2.09. The highest BCUT2D eigenvalue weighted by atomic mass is 16.5. The van der Waals surface area contributed by atoms with Crippen molar-refractivity contribution in [1.29, 1.82) is 0 Å². The minimum Gasteiger partial charge on any atom is -0.497 e. The largest absolute Gasteiger partial charge is 0.497 e. The van der Waals surface area contributed by atoms with Gasteiger partial charge >= 0.3 is 0 Å². The van der Waals surface area contributed by atoms with E-state index >= 15 is 0 Å². The van der Waals surface area contributed by atoms with Gasteiger partial charge in [0.05, 0.1) is 12.8 Å². The third kappa shape index (κ3) is 3.62. The summed E-state index contributed by atoms with van der Waals surface area (Å²) in [5.74, 6) is 0.928. The maximum atomic E-state index is 12.4. The fourth-order valence-electron chi connectivity index (χ4n) is 2.77. The second-order valence-corrected chi connectivity index (χ2v) is 5.99. The van der Waals surface area contributed by atoms with E-state index in [1.807, 2.05) is 48.5 Å². The zero-order valence-corrected chi connectivity index (χ0v) is 14.7. The molecule has 0 aliphatic carbocycles. The lowest BCUT2D eigenvalue weighted by Crippen LogP contribution is -2.12. The number of methoxy groups -OCH3 is 1. The zero-order chi connectivity index (χ0) is 18.6. The summed E-state index contributed by atoms with van der Waals surface area (Å²) >= 11 is 0. The monoisotopic (exact) mass is 355 g/mol. The van der Waals surface area contributed by atoms with Crippen molar-refractivity contribution < 1.29 is 9.53 Å². The molecule has 4 rings (SSSR count). The van der Waals surface area contributed by atoms with Crippen LogP contribution in [0, 0.1) is 0 Å². The Morgan fingerprint density at radius 2 is 1.59 bits per heavy atom. The molecule has 0 atom stereocenters. The second-order valence-electron chi connectivity index (χ2n) is 5.99. The summed E-state index contributed by atoms with van der Waals surface area (Å²) in [6.45, 7) is 0. The highest BCUT2D eigenvalue weighted by Crippen LogP contribution is 2.21. The van der Waals surface area contributed by atoms with Crippen LogP contribution in [0.3, 0.4) is 0 Å². The van der Waals surface area contributed by atoms with Crippen LogP contribution in [0.25, 0.3) is 22.3 Å². The van der Waals surface area contributed by atoms with Crippen molar-refractivity contribution in [2.75, 3.05) is 12.4 Å². The molecule has 0 saturated heterocycles. The lowest BCUT2D eigenvalue weighted by Gasteiger charge is -2.07. The van der Waals surface area contributed by atoms with E-state index in [1.165, 1.54) is 0 Å². The van der Waals surface area contributed by atoms with Gasteiger partial charge in [-0.05, 0) is 48.5 Å². The molecule has 0 aliphatic heterocycles. The van der Waals surface area contributed by atoms with Crippen molar-refractivity contribution in [3.8, 4) is 17.0 Å². The van der Waals surface area contributed by atoms with Crippen LogP contribution in [0.5, 0.6) is 5.75 Å². The smallest absolute Gasteiger partial charge is 0.256 e. The Kier molecular flexibility index (Phi) is 4.49. The van der Waals surface area contributed by atoms with Gasteiger partial charge in [-0.15, -0.1) is 0 Å². The van der Waals surface area contributed by atoms with Crippen LogP contribution >= 0.6 is 0 Å². The Morgan fingerprint density at radius 1 is 0.852 bits per heavy atom. The predicted octanol–water partition coefficient (Wildman–Crippen LogP) is 4.56. The number of aromatic nitrogens is 2. The lowest BCUT2D eigenvalue weighted by molar-refractivity contribution is 0.102. The van der Waals surface area contributed by atoms with Crippen molar-refractivity contribution in [1.82, 2.24) is 9.97 Å². The van der Waals surface area contributed by atoms with Gasteiger partial charge in [0.2, 0.25) is 0 Å². The first-order valence-electron chi connectivity index (χ1n) is 8.51. The fourth-order valence-corrected chi connectivity index (χ4v) is 2.77. The number of fused-ring (bicyclic) bond motifs is 1. The minimum absolute atomic E-state index is 0.233. The molecule has 0 unspecified atom stereocenters. The molecular weight excluding hydrogens is 338 g/mol. The summed E-state index contributed by atoms with van der Waals surface area (Å²) < 4.78 is 5.11. The van der Waals surface area contributed by atoms with Gasteiger partial charge in [0.1, 0.15) is 11.6 Å². The predicted molar refractivity (Wildman–Crippen MR) is 106 cm³/mol. The standard InChI is InChI=1S/C22H17N3O2/c1-27-18-11-7-17(8-12-18)22(26)25-20-14-10-16-9-13-19(23-21(16)24-20)15-5-3-2-4-6-15/h2-14H,1H3,(H,23,24,25,26). The molecule has 0 bridgehead atoms. The van der Waals surface area contributed by atoms with Gasteiger partial charge in [0, 0.05) is 16.5 Å². The van der Waals surface area contributed by atoms with Crippen molar-refractivity contribution >= 4 is 22.8 Å². The number of hydrogen-bond donors (Lipinski definition) is 1. The minimum atomic E-state index is -0.233. The number of carbonyl (C=O) groups excluding carboxylic acids is 1. The van der Waals surface area contributed by atoms with Crippen LogP contribution in [-0.2, 0) is 0 Å². The third-order valence-corrected chi connectivity index (χ3v) is 4.22. The highest BCUT2D eigenvalue weighted by molar-refractivity contribution is 6.04. The van der Waals surface area contributed by atoms with E-state index in [1.54, 1.807) is 37.4 Å². The summed E-state index contributed by atoms with van der Waals surface area (Å²) in [5.41, 5.74) is 2.98. The maximum Gasteiger partial charge on any atom is 0.256 e. The van der Waals surface area contributed by atoms with E-state index in [4.69, 9.17) is 4.74 Å². The van der Waals surface area contributed by atoms with Crippen molar-refractivity contribution in [3.63, 3.8) is 0 Å². The van der Waals surface area contributed by atoms with Crippen LogP contribution in [0.15, 0.2) is 78.9 Å². The molecule has 2 aromatic heterocycles. The van der Waals surface area contributed by atoms with Gasteiger partial charge in [-0.3, -0.25) is 4.79 Å². The molecule has 0 radical (unpaired) electrons. The van der Waals surface area contributed by atoms with Gasteiger partial charge in [-0.25, -0.2) is 9.97 Å². The molecule has 132 valence electrons. The molecule has 0 fully saturated rings. The van der Waals surface area contributed by atoms with E-state index in [2.05, 4.69) is 15.3 Å². The lowest BCUT2D eigenvalue weighted by atomic mass is 10.1. The molecule has 5 nitrogen and oxygen atoms in total. The van der Waals surface area contributed by atoms with Crippen LogP contribution in [0.4, 0.5) is 5.82 Å². The fraction of sp³-hybridized carbons (Fsp3) is 0.0455. The number of hydrogen-bond acceptors (Lipinski definition) is 4. The number of nitrogens with one attached hydrogen (secondary N) is 1. The molecule has 4 aromatic rings. The molecule has 27 heavy (non-hydrogen) atoms. The summed E-state index contributed by atoms with van der Waals surface area (Å²) in [7, 11) is 1.59. The van der Waals surface area contributed by atoms with Crippen molar-refractivity contribution in [2.24, 2.45) is 0 Å². The number of pyridine rings is 2. The first kappa shape index (κ1) is 16.7. The van der Waals surface area contributed by atoms with E-state index in [-0.39, 0.29) is 5.91 Å². The normalized spacial score (nSPS) is 10.6. The molecule has 0 saturated carbocycles. The number of anilines is 1. The molecule has 5 heteroatoms. The van der Waals surface area contributed by atoms with Crippen molar-refractivity contribution in [3.05, 3.63) is 84.4 Å². The Morgan fingerprint density at radius 3 is 2.33 bits per heavy atom. The number of rotatable bonds is 4. The summed E-state index contributed by atoms with van der Waals surface area (Å²) in [6, 6.07) is 24.4. The topological polar surface area (TPSA) is 64.1 Å².